The summed E-state index contributed by atoms with van der Waals surface area (Å²) in [4.78, 5) is 9.02. The highest BCUT2D eigenvalue weighted by molar-refractivity contribution is 7.98. The maximum absolute atomic E-state index is 4.67. The van der Waals surface area contributed by atoms with E-state index in [9.17, 15) is 0 Å². The third kappa shape index (κ3) is 3.38. The van der Waals surface area contributed by atoms with Crippen molar-refractivity contribution in [3.63, 3.8) is 0 Å². The monoisotopic (exact) mass is 380 g/mol. The molecule has 3 heterocycles. The standard InChI is InChI=1S/C18H16N6S2/c1-12-6-5-8-16(13(12)2)24-18(21-22-23-24)26-11-14-10-25-17(20-14)15-7-3-4-9-19-15/h3-10H,11H2,1-2H3. The minimum Gasteiger partial charge on any atom is -0.254 e. The number of thioether (sulfide) groups is 1. The molecule has 0 saturated carbocycles. The van der Waals surface area contributed by atoms with E-state index in [0.29, 0.717) is 5.75 Å². The van der Waals surface area contributed by atoms with Crippen molar-refractivity contribution in [3.8, 4) is 16.4 Å². The Morgan fingerprint density at radius 3 is 2.88 bits per heavy atom. The predicted octanol–water partition coefficient (Wildman–Crippen LogP) is 4.09. The van der Waals surface area contributed by atoms with Gasteiger partial charge in [0.25, 0.3) is 0 Å². The first-order valence-electron chi connectivity index (χ1n) is 8.06. The Bertz CT molecular complexity index is 1030. The molecule has 0 aliphatic heterocycles. The van der Waals surface area contributed by atoms with Crippen LogP contribution in [0.3, 0.4) is 0 Å². The molecule has 0 spiro atoms. The van der Waals surface area contributed by atoms with E-state index in [0.717, 1.165) is 27.2 Å². The van der Waals surface area contributed by atoms with Crippen LogP contribution >= 0.6 is 23.1 Å². The molecule has 0 fully saturated rings. The van der Waals surface area contributed by atoms with E-state index >= 15 is 0 Å². The second-order valence-electron chi connectivity index (χ2n) is 5.74. The van der Waals surface area contributed by atoms with Crippen molar-refractivity contribution < 1.29 is 0 Å². The minimum atomic E-state index is 0.703. The van der Waals surface area contributed by atoms with Gasteiger partial charge in [-0.05, 0) is 53.6 Å². The summed E-state index contributed by atoms with van der Waals surface area (Å²) in [7, 11) is 0. The zero-order valence-electron chi connectivity index (χ0n) is 14.3. The van der Waals surface area contributed by atoms with Gasteiger partial charge in [-0.15, -0.1) is 16.4 Å². The first-order valence-corrected chi connectivity index (χ1v) is 9.92. The van der Waals surface area contributed by atoms with Gasteiger partial charge < -0.3 is 0 Å². The summed E-state index contributed by atoms with van der Waals surface area (Å²) < 4.78 is 1.79. The molecule has 0 amide bonds. The Labute approximate surface area is 159 Å². The van der Waals surface area contributed by atoms with Crippen LogP contribution in [-0.2, 0) is 5.75 Å². The molecular formula is C18H16N6S2. The number of benzene rings is 1. The van der Waals surface area contributed by atoms with Gasteiger partial charge >= 0.3 is 0 Å². The van der Waals surface area contributed by atoms with E-state index in [1.54, 1.807) is 34.0 Å². The van der Waals surface area contributed by atoms with Crippen molar-refractivity contribution >= 4 is 23.1 Å². The van der Waals surface area contributed by atoms with Crippen molar-refractivity contribution in [1.82, 2.24) is 30.2 Å². The quantitative estimate of drug-likeness (QED) is 0.486. The van der Waals surface area contributed by atoms with Crippen LogP contribution in [0.2, 0.25) is 0 Å². The summed E-state index contributed by atoms with van der Waals surface area (Å²) in [6.45, 7) is 4.17. The molecule has 1 aromatic carbocycles. The lowest BCUT2D eigenvalue weighted by Crippen LogP contribution is -2.02. The van der Waals surface area contributed by atoms with Crippen molar-refractivity contribution in [2.75, 3.05) is 0 Å². The highest BCUT2D eigenvalue weighted by atomic mass is 32.2. The molecule has 8 heteroatoms. The lowest BCUT2D eigenvalue weighted by Gasteiger charge is -2.09. The molecule has 26 heavy (non-hydrogen) atoms. The number of nitrogens with zero attached hydrogens (tertiary/aromatic N) is 6. The average Bonchev–Trinajstić information content (AvgIpc) is 3.32. The second kappa shape index (κ2) is 7.35. The van der Waals surface area contributed by atoms with Crippen molar-refractivity contribution in [3.05, 3.63) is 64.8 Å². The number of hydrogen-bond acceptors (Lipinski definition) is 7. The van der Waals surface area contributed by atoms with Crippen LogP contribution in [0.5, 0.6) is 0 Å². The van der Waals surface area contributed by atoms with E-state index < -0.39 is 0 Å². The molecule has 0 unspecified atom stereocenters. The van der Waals surface area contributed by atoms with E-state index in [1.165, 1.54) is 11.1 Å². The summed E-state index contributed by atoms with van der Waals surface area (Å²) in [5.74, 6) is 0.703. The molecule has 4 rings (SSSR count). The molecule has 0 aliphatic carbocycles. The maximum atomic E-state index is 4.67. The Morgan fingerprint density at radius 1 is 1.12 bits per heavy atom. The van der Waals surface area contributed by atoms with Gasteiger partial charge in [-0.25, -0.2) is 4.98 Å². The van der Waals surface area contributed by atoms with Crippen LogP contribution in [0, 0.1) is 13.8 Å². The molecule has 0 saturated heterocycles. The molecule has 0 radical (unpaired) electrons. The van der Waals surface area contributed by atoms with Crippen LogP contribution in [0.1, 0.15) is 16.8 Å². The van der Waals surface area contributed by atoms with Crippen LogP contribution in [0.4, 0.5) is 0 Å². The first-order chi connectivity index (χ1) is 12.7. The molecule has 0 N–H and O–H groups in total. The molecule has 4 aromatic rings. The topological polar surface area (TPSA) is 69.4 Å². The molecule has 130 valence electrons. The van der Waals surface area contributed by atoms with Gasteiger partial charge in [0.2, 0.25) is 5.16 Å². The summed E-state index contributed by atoms with van der Waals surface area (Å²) in [5, 5.41) is 15.9. The minimum absolute atomic E-state index is 0.703. The predicted molar refractivity (Wildman–Crippen MR) is 104 cm³/mol. The zero-order valence-corrected chi connectivity index (χ0v) is 16.0. The number of pyridine rings is 1. The second-order valence-corrected chi connectivity index (χ2v) is 7.54. The molecular weight excluding hydrogens is 364 g/mol. The lowest BCUT2D eigenvalue weighted by molar-refractivity contribution is 0.751. The number of aromatic nitrogens is 6. The maximum Gasteiger partial charge on any atom is 0.214 e. The van der Waals surface area contributed by atoms with Gasteiger partial charge in [0, 0.05) is 17.3 Å². The fraction of sp³-hybridized carbons (Fsp3) is 0.167. The number of hydrogen-bond donors (Lipinski definition) is 0. The van der Waals surface area contributed by atoms with Crippen LogP contribution in [0.25, 0.3) is 16.4 Å². The average molecular weight is 381 g/mol. The zero-order chi connectivity index (χ0) is 17.9. The van der Waals surface area contributed by atoms with Gasteiger partial charge in [0.15, 0.2) is 0 Å². The molecule has 3 aromatic heterocycles. The van der Waals surface area contributed by atoms with E-state index in [2.05, 4.69) is 50.8 Å². The van der Waals surface area contributed by atoms with Gasteiger partial charge in [-0.3, -0.25) is 4.98 Å². The summed E-state index contributed by atoms with van der Waals surface area (Å²) in [6.07, 6.45) is 1.78. The third-order valence-electron chi connectivity index (χ3n) is 4.03. The van der Waals surface area contributed by atoms with Crippen LogP contribution in [-0.4, -0.2) is 30.2 Å². The Kier molecular flexibility index (Phi) is 4.77. The first kappa shape index (κ1) is 16.9. The van der Waals surface area contributed by atoms with Gasteiger partial charge in [-0.1, -0.05) is 30.0 Å². The Morgan fingerprint density at radius 2 is 2.04 bits per heavy atom. The van der Waals surface area contributed by atoms with E-state index in [1.807, 2.05) is 30.3 Å². The van der Waals surface area contributed by atoms with Gasteiger partial charge in [0.05, 0.1) is 17.1 Å². The molecule has 0 bridgehead atoms. The van der Waals surface area contributed by atoms with Gasteiger partial charge in [0.1, 0.15) is 5.01 Å². The Hall–Kier alpha value is -2.58. The third-order valence-corrected chi connectivity index (χ3v) is 5.90. The van der Waals surface area contributed by atoms with Gasteiger partial charge in [-0.2, -0.15) is 4.68 Å². The van der Waals surface area contributed by atoms with Crippen molar-refractivity contribution in [1.29, 1.82) is 0 Å². The van der Waals surface area contributed by atoms with Crippen molar-refractivity contribution in [2.45, 2.75) is 24.8 Å². The normalized spacial score (nSPS) is 11.0. The van der Waals surface area contributed by atoms with E-state index in [-0.39, 0.29) is 0 Å². The van der Waals surface area contributed by atoms with Crippen LogP contribution in [0.15, 0.2) is 53.1 Å². The fourth-order valence-corrected chi connectivity index (χ4v) is 4.18. The fourth-order valence-electron chi connectivity index (χ4n) is 2.50. The number of thiazole rings is 1. The lowest BCUT2D eigenvalue weighted by atomic mass is 10.1. The highest BCUT2D eigenvalue weighted by Crippen LogP contribution is 2.27. The number of aryl methyl sites for hydroxylation is 1. The number of rotatable bonds is 5. The largest absolute Gasteiger partial charge is 0.254 e. The smallest absolute Gasteiger partial charge is 0.214 e. The molecule has 6 nitrogen and oxygen atoms in total. The van der Waals surface area contributed by atoms with Crippen LogP contribution < -0.4 is 0 Å². The summed E-state index contributed by atoms with van der Waals surface area (Å²) in [6, 6.07) is 12.0. The molecule has 0 aliphatic rings. The molecule has 0 atom stereocenters. The van der Waals surface area contributed by atoms with E-state index in [4.69, 9.17) is 0 Å². The highest BCUT2D eigenvalue weighted by Gasteiger charge is 2.13. The summed E-state index contributed by atoms with van der Waals surface area (Å²) >= 11 is 3.17. The number of tetrazole rings is 1. The SMILES string of the molecule is Cc1cccc(-n2nnnc2SCc2csc(-c3ccccn3)n2)c1C. The Balaban J connectivity index is 1.53. The van der Waals surface area contributed by atoms with Crippen molar-refractivity contribution in [2.24, 2.45) is 0 Å². The summed E-state index contributed by atoms with van der Waals surface area (Å²) in [5.41, 5.74) is 5.29.